The van der Waals surface area contributed by atoms with Crippen molar-refractivity contribution in [2.24, 2.45) is 0 Å². The Morgan fingerprint density at radius 1 is 1.38 bits per heavy atom. The molecule has 0 unspecified atom stereocenters. The fourth-order valence-electron chi connectivity index (χ4n) is 2.16. The molecule has 0 amide bonds. The Kier molecular flexibility index (Phi) is 2.02. The maximum Gasteiger partial charge on any atom is 0.345 e. The van der Waals surface area contributed by atoms with Gasteiger partial charge in [0.15, 0.2) is 0 Å². The number of aromatic amines is 1. The van der Waals surface area contributed by atoms with E-state index in [4.69, 9.17) is 0 Å². The molecular weight excluding hydrogens is 207 g/mol. The van der Waals surface area contributed by atoms with E-state index in [0.29, 0.717) is 11.4 Å². The van der Waals surface area contributed by atoms with E-state index in [-0.39, 0.29) is 11.5 Å². The highest BCUT2D eigenvalue weighted by Gasteiger charge is 2.22. The standard InChI is InChI=1S/C12H11FN2O/c13-8-4-5-9-10(6-8)14-12(16)15-11(9)7-2-1-3-7/h4-7H,1-3H2,(H,14,15,16). The summed E-state index contributed by atoms with van der Waals surface area (Å²) in [4.78, 5) is 17.9. The van der Waals surface area contributed by atoms with E-state index in [1.807, 2.05) is 0 Å². The molecule has 1 aromatic heterocycles. The number of fused-ring (bicyclic) bond motifs is 1. The van der Waals surface area contributed by atoms with E-state index in [0.717, 1.165) is 23.9 Å². The minimum atomic E-state index is -0.389. The smallest absolute Gasteiger partial charge is 0.309 e. The van der Waals surface area contributed by atoms with Crippen LogP contribution in [0, 0.1) is 5.82 Å². The Balaban J connectivity index is 2.29. The Morgan fingerprint density at radius 2 is 2.19 bits per heavy atom. The topological polar surface area (TPSA) is 45.8 Å². The van der Waals surface area contributed by atoms with Gasteiger partial charge in [0, 0.05) is 17.1 Å². The van der Waals surface area contributed by atoms with Gasteiger partial charge in [0.1, 0.15) is 5.82 Å². The maximum atomic E-state index is 13.0. The van der Waals surface area contributed by atoms with Gasteiger partial charge in [-0.05, 0) is 30.9 Å². The molecule has 16 heavy (non-hydrogen) atoms. The zero-order valence-corrected chi connectivity index (χ0v) is 8.66. The highest BCUT2D eigenvalue weighted by molar-refractivity contribution is 5.81. The first kappa shape index (κ1) is 9.51. The van der Waals surface area contributed by atoms with Crippen molar-refractivity contribution >= 4 is 10.9 Å². The average Bonchev–Trinajstić information content (AvgIpc) is 2.13. The van der Waals surface area contributed by atoms with E-state index in [9.17, 15) is 9.18 Å². The fraction of sp³-hybridized carbons (Fsp3) is 0.333. The summed E-state index contributed by atoms with van der Waals surface area (Å²) in [6, 6.07) is 4.42. The van der Waals surface area contributed by atoms with Gasteiger partial charge in [-0.15, -0.1) is 0 Å². The second kappa shape index (κ2) is 3.40. The molecule has 3 nitrogen and oxygen atoms in total. The minimum absolute atomic E-state index is 0.356. The second-order valence-electron chi connectivity index (χ2n) is 4.24. The van der Waals surface area contributed by atoms with Crippen LogP contribution < -0.4 is 5.69 Å². The number of nitrogens with one attached hydrogen (secondary N) is 1. The SMILES string of the molecule is O=c1nc2cc(F)ccc2c(C2CCC2)[nH]1. The second-order valence-corrected chi connectivity index (χ2v) is 4.24. The minimum Gasteiger partial charge on any atom is -0.309 e. The molecule has 1 aromatic carbocycles. The molecule has 0 atom stereocenters. The predicted octanol–water partition coefficient (Wildman–Crippen LogP) is 2.33. The van der Waals surface area contributed by atoms with Gasteiger partial charge in [0.05, 0.1) is 5.52 Å². The number of rotatable bonds is 1. The Hall–Kier alpha value is -1.71. The summed E-state index contributed by atoms with van der Waals surface area (Å²) < 4.78 is 13.0. The number of hydrogen-bond acceptors (Lipinski definition) is 2. The van der Waals surface area contributed by atoms with Crippen LogP contribution >= 0.6 is 0 Å². The molecule has 1 heterocycles. The molecule has 4 heteroatoms. The molecule has 3 rings (SSSR count). The van der Waals surface area contributed by atoms with Gasteiger partial charge in [-0.25, -0.2) is 9.18 Å². The van der Waals surface area contributed by atoms with Gasteiger partial charge >= 0.3 is 5.69 Å². The zero-order valence-electron chi connectivity index (χ0n) is 8.66. The van der Waals surface area contributed by atoms with Crippen LogP contribution in [-0.2, 0) is 0 Å². The van der Waals surface area contributed by atoms with Gasteiger partial charge in [-0.3, -0.25) is 0 Å². The molecule has 2 aromatic rings. The molecule has 0 aliphatic heterocycles. The van der Waals surface area contributed by atoms with E-state index in [1.165, 1.54) is 18.6 Å². The summed E-state index contributed by atoms with van der Waals surface area (Å²) >= 11 is 0. The van der Waals surface area contributed by atoms with Gasteiger partial charge < -0.3 is 4.98 Å². The Labute approximate surface area is 91.3 Å². The largest absolute Gasteiger partial charge is 0.345 e. The lowest BCUT2D eigenvalue weighted by Crippen LogP contribution is -2.19. The van der Waals surface area contributed by atoms with Crippen LogP contribution in [0.25, 0.3) is 10.9 Å². The van der Waals surface area contributed by atoms with Crippen LogP contribution in [0.1, 0.15) is 30.9 Å². The zero-order chi connectivity index (χ0) is 11.1. The van der Waals surface area contributed by atoms with Crippen molar-refractivity contribution in [2.45, 2.75) is 25.2 Å². The lowest BCUT2D eigenvalue weighted by Gasteiger charge is -2.26. The normalized spacial score (nSPS) is 16.3. The van der Waals surface area contributed by atoms with Gasteiger partial charge in [0.25, 0.3) is 0 Å². The highest BCUT2D eigenvalue weighted by Crippen LogP contribution is 2.37. The molecule has 82 valence electrons. The summed E-state index contributed by atoms with van der Waals surface area (Å²) in [5, 5.41) is 0.866. The van der Waals surface area contributed by atoms with Crippen LogP contribution in [0.2, 0.25) is 0 Å². The fourth-order valence-corrected chi connectivity index (χ4v) is 2.16. The van der Waals surface area contributed by atoms with Crippen molar-refractivity contribution < 1.29 is 4.39 Å². The van der Waals surface area contributed by atoms with Gasteiger partial charge in [-0.1, -0.05) is 6.42 Å². The molecule has 1 aliphatic rings. The third kappa shape index (κ3) is 1.41. The first-order valence-corrected chi connectivity index (χ1v) is 5.43. The number of halogens is 1. The summed E-state index contributed by atoms with van der Waals surface area (Å²) in [6.07, 6.45) is 3.37. The van der Waals surface area contributed by atoms with Gasteiger partial charge in [-0.2, -0.15) is 4.98 Å². The van der Waals surface area contributed by atoms with Crippen LogP contribution in [0.4, 0.5) is 4.39 Å². The molecule has 1 aliphatic carbocycles. The molecule has 0 radical (unpaired) electrons. The number of hydrogen-bond donors (Lipinski definition) is 1. The van der Waals surface area contributed by atoms with E-state index in [1.54, 1.807) is 6.07 Å². The number of H-pyrrole nitrogens is 1. The van der Waals surface area contributed by atoms with Crippen molar-refractivity contribution in [3.8, 4) is 0 Å². The lowest BCUT2D eigenvalue weighted by molar-refractivity contribution is 0.413. The lowest BCUT2D eigenvalue weighted by atomic mass is 9.81. The molecule has 0 bridgehead atoms. The third-order valence-electron chi connectivity index (χ3n) is 3.23. The molecule has 1 saturated carbocycles. The van der Waals surface area contributed by atoms with Crippen molar-refractivity contribution in [3.63, 3.8) is 0 Å². The molecule has 0 saturated heterocycles. The quantitative estimate of drug-likeness (QED) is 0.798. The Bertz CT molecular complexity index is 601. The van der Waals surface area contributed by atoms with E-state index < -0.39 is 0 Å². The van der Waals surface area contributed by atoms with Crippen molar-refractivity contribution in [2.75, 3.05) is 0 Å². The molecule has 1 N–H and O–H groups in total. The van der Waals surface area contributed by atoms with Crippen molar-refractivity contribution in [1.82, 2.24) is 9.97 Å². The third-order valence-corrected chi connectivity index (χ3v) is 3.23. The summed E-state index contributed by atoms with van der Waals surface area (Å²) in [6.45, 7) is 0. The number of nitrogens with zero attached hydrogens (tertiary/aromatic N) is 1. The highest BCUT2D eigenvalue weighted by atomic mass is 19.1. The monoisotopic (exact) mass is 218 g/mol. The van der Waals surface area contributed by atoms with Gasteiger partial charge in [0.2, 0.25) is 0 Å². The average molecular weight is 218 g/mol. The van der Waals surface area contributed by atoms with Crippen LogP contribution in [0.5, 0.6) is 0 Å². The van der Waals surface area contributed by atoms with Crippen LogP contribution in [0.15, 0.2) is 23.0 Å². The van der Waals surface area contributed by atoms with E-state index in [2.05, 4.69) is 9.97 Å². The predicted molar refractivity (Wildman–Crippen MR) is 58.9 cm³/mol. The summed E-state index contributed by atoms with van der Waals surface area (Å²) in [5.41, 5.74) is 0.979. The Morgan fingerprint density at radius 3 is 2.88 bits per heavy atom. The van der Waals surface area contributed by atoms with E-state index >= 15 is 0 Å². The summed E-state index contributed by atoms with van der Waals surface area (Å²) in [5.74, 6) is 0.0498. The molecular formula is C12H11FN2O. The number of benzene rings is 1. The first-order valence-electron chi connectivity index (χ1n) is 5.43. The first-order chi connectivity index (χ1) is 7.74. The number of aromatic nitrogens is 2. The van der Waals surface area contributed by atoms with Crippen molar-refractivity contribution in [3.05, 3.63) is 40.2 Å². The molecule has 0 spiro atoms. The van der Waals surface area contributed by atoms with Crippen LogP contribution in [0.3, 0.4) is 0 Å². The maximum absolute atomic E-state index is 13.0. The molecule has 1 fully saturated rings. The van der Waals surface area contributed by atoms with Crippen molar-refractivity contribution in [1.29, 1.82) is 0 Å². The van der Waals surface area contributed by atoms with Crippen LogP contribution in [-0.4, -0.2) is 9.97 Å². The summed E-state index contributed by atoms with van der Waals surface area (Å²) in [7, 11) is 0.